The Hall–Kier alpha value is -0.790. The first-order valence-corrected chi connectivity index (χ1v) is 8.26. The third-order valence-corrected chi connectivity index (χ3v) is 3.32. The summed E-state index contributed by atoms with van der Waals surface area (Å²) in [5, 5.41) is 10.9. The van der Waals surface area contributed by atoms with Crippen LogP contribution in [0.25, 0.3) is 0 Å². The van der Waals surface area contributed by atoms with Gasteiger partial charge in [-0.3, -0.25) is 9.67 Å². The van der Waals surface area contributed by atoms with Crippen molar-refractivity contribution in [3.63, 3.8) is 0 Å². The highest BCUT2D eigenvalue weighted by molar-refractivity contribution is 14.0. The molecule has 0 radical (unpaired) electrons. The van der Waals surface area contributed by atoms with Crippen LogP contribution in [0.5, 0.6) is 0 Å². The molecule has 1 rings (SSSR count). The lowest BCUT2D eigenvalue weighted by Gasteiger charge is -2.11. The Morgan fingerprint density at radius 2 is 2.00 bits per heavy atom. The van der Waals surface area contributed by atoms with E-state index in [-0.39, 0.29) is 24.0 Å². The van der Waals surface area contributed by atoms with Crippen molar-refractivity contribution in [3.05, 3.63) is 18.0 Å². The highest BCUT2D eigenvalue weighted by Gasteiger charge is 1.98. The fraction of sp³-hybridized carbons (Fsp3) is 0.750. The summed E-state index contributed by atoms with van der Waals surface area (Å²) in [5.74, 6) is 0.945. The molecule has 0 unspecified atom stereocenters. The summed E-state index contributed by atoms with van der Waals surface area (Å²) in [6.07, 6.45) is 11.2. The zero-order valence-electron chi connectivity index (χ0n) is 14.3. The molecule has 1 heterocycles. The lowest BCUT2D eigenvalue weighted by molar-refractivity contribution is 0.646. The van der Waals surface area contributed by atoms with E-state index >= 15 is 0 Å². The van der Waals surface area contributed by atoms with Crippen molar-refractivity contribution in [2.45, 2.75) is 52.4 Å². The maximum Gasteiger partial charge on any atom is 0.191 e. The van der Waals surface area contributed by atoms with Crippen LogP contribution in [0.2, 0.25) is 0 Å². The van der Waals surface area contributed by atoms with Crippen LogP contribution >= 0.6 is 24.0 Å². The summed E-state index contributed by atoms with van der Waals surface area (Å²) in [7, 11) is 1.95. The minimum absolute atomic E-state index is 0. The Morgan fingerprint density at radius 3 is 2.64 bits per heavy atom. The lowest BCUT2D eigenvalue weighted by atomic mass is 10.2. The zero-order chi connectivity index (χ0) is 15.3. The minimum atomic E-state index is 0. The fourth-order valence-electron chi connectivity index (χ4n) is 2.18. The van der Waals surface area contributed by atoms with Gasteiger partial charge in [0, 0.05) is 32.9 Å². The number of aliphatic imine (C=N–C) groups is 1. The summed E-state index contributed by atoms with van der Waals surface area (Å²) < 4.78 is 1.85. The van der Waals surface area contributed by atoms with Crippen LogP contribution in [0.4, 0.5) is 0 Å². The number of aryl methyl sites for hydroxylation is 2. The molecule has 1 aromatic heterocycles. The van der Waals surface area contributed by atoms with E-state index in [1.807, 2.05) is 17.9 Å². The first kappa shape index (κ1) is 21.2. The summed E-state index contributed by atoms with van der Waals surface area (Å²) in [6, 6.07) is 0. The van der Waals surface area contributed by atoms with E-state index in [0.717, 1.165) is 38.4 Å². The standard InChI is InChI=1S/C16H31N5.HI/c1-4-6-7-8-11-18-16(17-5-2)19-12-9-10-15-13-20-21(3)14-15;/h13-14H,4-12H2,1-3H3,(H2,17,18,19);1H. The Bertz CT molecular complexity index is 403. The largest absolute Gasteiger partial charge is 0.357 e. The van der Waals surface area contributed by atoms with E-state index in [2.05, 4.69) is 40.8 Å². The summed E-state index contributed by atoms with van der Waals surface area (Å²) in [6.45, 7) is 7.10. The van der Waals surface area contributed by atoms with Crippen LogP contribution in [0.3, 0.4) is 0 Å². The molecule has 0 atom stereocenters. The van der Waals surface area contributed by atoms with Crippen LogP contribution in [0, 0.1) is 0 Å². The lowest BCUT2D eigenvalue weighted by Crippen LogP contribution is -2.37. The fourth-order valence-corrected chi connectivity index (χ4v) is 2.18. The smallest absolute Gasteiger partial charge is 0.191 e. The molecule has 0 aromatic carbocycles. The molecule has 0 aliphatic carbocycles. The minimum Gasteiger partial charge on any atom is -0.357 e. The number of rotatable bonds is 10. The molecule has 0 aliphatic heterocycles. The molecule has 128 valence electrons. The summed E-state index contributed by atoms with van der Waals surface area (Å²) >= 11 is 0. The molecule has 0 saturated heterocycles. The summed E-state index contributed by atoms with van der Waals surface area (Å²) in [4.78, 5) is 4.62. The Balaban J connectivity index is 0.00000441. The van der Waals surface area contributed by atoms with Crippen molar-refractivity contribution in [2.75, 3.05) is 19.6 Å². The average molecular weight is 421 g/mol. The third-order valence-electron chi connectivity index (χ3n) is 3.32. The molecule has 0 saturated carbocycles. The van der Waals surface area contributed by atoms with E-state index in [0.29, 0.717) is 0 Å². The summed E-state index contributed by atoms with van der Waals surface area (Å²) in [5.41, 5.74) is 1.28. The van der Waals surface area contributed by atoms with Crippen molar-refractivity contribution in [1.82, 2.24) is 20.4 Å². The van der Waals surface area contributed by atoms with Gasteiger partial charge in [0.25, 0.3) is 0 Å². The number of halogens is 1. The van der Waals surface area contributed by atoms with Gasteiger partial charge in [0.15, 0.2) is 5.96 Å². The van der Waals surface area contributed by atoms with Gasteiger partial charge in [0.05, 0.1) is 6.20 Å². The number of aromatic nitrogens is 2. The second-order valence-electron chi connectivity index (χ2n) is 5.37. The quantitative estimate of drug-likeness (QED) is 0.264. The molecule has 1 aromatic rings. The van der Waals surface area contributed by atoms with Crippen molar-refractivity contribution in [3.8, 4) is 0 Å². The molecule has 0 aliphatic rings. The molecular formula is C16H32IN5. The second kappa shape index (κ2) is 13.8. The number of nitrogens with zero attached hydrogens (tertiary/aromatic N) is 3. The molecule has 6 heteroatoms. The molecule has 5 nitrogen and oxygen atoms in total. The number of nitrogens with one attached hydrogen (secondary N) is 2. The van der Waals surface area contributed by atoms with Gasteiger partial charge in [-0.15, -0.1) is 24.0 Å². The van der Waals surface area contributed by atoms with Gasteiger partial charge >= 0.3 is 0 Å². The average Bonchev–Trinajstić information content (AvgIpc) is 2.88. The van der Waals surface area contributed by atoms with Gasteiger partial charge in [-0.2, -0.15) is 5.10 Å². The van der Waals surface area contributed by atoms with Crippen LogP contribution < -0.4 is 10.6 Å². The van der Waals surface area contributed by atoms with E-state index in [4.69, 9.17) is 0 Å². The molecular weight excluding hydrogens is 389 g/mol. The highest BCUT2D eigenvalue weighted by atomic mass is 127. The highest BCUT2D eigenvalue weighted by Crippen LogP contribution is 2.01. The third kappa shape index (κ3) is 10.0. The van der Waals surface area contributed by atoms with Crippen molar-refractivity contribution in [1.29, 1.82) is 0 Å². The van der Waals surface area contributed by atoms with E-state index in [1.165, 1.54) is 31.2 Å². The maximum absolute atomic E-state index is 4.62. The van der Waals surface area contributed by atoms with Gasteiger partial charge in [0.1, 0.15) is 0 Å². The number of hydrogen-bond acceptors (Lipinski definition) is 2. The Kier molecular flexibility index (Phi) is 13.3. The normalized spacial score (nSPS) is 11.1. The van der Waals surface area contributed by atoms with Gasteiger partial charge < -0.3 is 10.6 Å². The molecule has 0 spiro atoms. The molecule has 2 N–H and O–H groups in total. The maximum atomic E-state index is 4.62. The number of unbranched alkanes of at least 4 members (excludes halogenated alkanes) is 3. The van der Waals surface area contributed by atoms with E-state index in [1.54, 1.807) is 0 Å². The number of guanidine groups is 1. The molecule has 22 heavy (non-hydrogen) atoms. The molecule has 0 fully saturated rings. The second-order valence-corrected chi connectivity index (χ2v) is 5.37. The zero-order valence-corrected chi connectivity index (χ0v) is 16.6. The Morgan fingerprint density at radius 1 is 1.18 bits per heavy atom. The van der Waals surface area contributed by atoms with Gasteiger partial charge in [-0.1, -0.05) is 26.2 Å². The van der Waals surface area contributed by atoms with Crippen molar-refractivity contribution >= 4 is 29.9 Å². The topological polar surface area (TPSA) is 54.2 Å². The predicted molar refractivity (Wildman–Crippen MR) is 105 cm³/mol. The van der Waals surface area contributed by atoms with Crippen LogP contribution in [-0.2, 0) is 13.5 Å². The number of hydrogen-bond donors (Lipinski definition) is 2. The molecule has 0 bridgehead atoms. The van der Waals surface area contributed by atoms with Gasteiger partial charge in [0.2, 0.25) is 0 Å². The Labute approximate surface area is 152 Å². The first-order chi connectivity index (χ1) is 10.3. The predicted octanol–water partition coefficient (Wildman–Crippen LogP) is 3.11. The van der Waals surface area contributed by atoms with Crippen LogP contribution in [0.1, 0.15) is 51.5 Å². The van der Waals surface area contributed by atoms with E-state index < -0.39 is 0 Å². The first-order valence-electron chi connectivity index (χ1n) is 8.26. The SMILES string of the molecule is CCCCCCNC(=NCCCc1cnn(C)c1)NCC.I. The van der Waals surface area contributed by atoms with Crippen LogP contribution in [-0.4, -0.2) is 35.4 Å². The van der Waals surface area contributed by atoms with Crippen molar-refractivity contribution < 1.29 is 0 Å². The van der Waals surface area contributed by atoms with Gasteiger partial charge in [-0.25, -0.2) is 0 Å². The van der Waals surface area contributed by atoms with E-state index in [9.17, 15) is 0 Å². The van der Waals surface area contributed by atoms with Crippen molar-refractivity contribution in [2.24, 2.45) is 12.0 Å². The van der Waals surface area contributed by atoms with Crippen LogP contribution in [0.15, 0.2) is 17.4 Å². The van der Waals surface area contributed by atoms with Gasteiger partial charge in [-0.05, 0) is 31.7 Å². The molecule has 0 amide bonds. The monoisotopic (exact) mass is 421 g/mol.